The number of alkyl halides is 1. The predicted molar refractivity (Wildman–Crippen MR) is 27.6 cm³/mol. The number of rotatable bonds is 1. The maximum Gasteiger partial charge on any atom is 0.214 e. The van der Waals surface area contributed by atoms with Crippen LogP contribution in [0.3, 0.4) is 0 Å². The fourth-order valence-corrected chi connectivity index (χ4v) is 0. The van der Waals surface area contributed by atoms with Gasteiger partial charge in [0.25, 0.3) is 0 Å². The van der Waals surface area contributed by atoms with Crippen LogP contribution in [0.4, 0.5) is 0 Å². The van der Waals surface area contributed by atoms with E-state index in [2.05, 4.69) is 15.9 Å². The van der Waals surface area contributed by atoms with Gasteiger partial charge in [-0.05, 0) is 6.55 Å². The summed E-state index contributed by atoms with van der Waals surface area (Å²) in [4.78, 5) is 9.19. The van der Waals surface area contributed by atoms with Crippen molar-refractivity contribution in [3.63, 3.8) is 0 Å². The zero-order chi connectivity index (χ0) is 4.28. The summed E-state index contributed by atoms with van der Waals surface area (Å²) in [5, 5.41) is 0. The zero-order valence-electron chi connectivity index (χ0n) is 3.03. The Labute approximate surface area is 41.9 Å². The standard InChI is InChI=1S/C2H6BrOSi/c1-5(4)2-3/h4H,2H2,1H3. The molecule has 5 heavy (non-hydrogen) atoms. The highest BCUT2D eigenvalue weighted by Gasteiger charge is 1.89. The van der Waals surface area contributed by atoms with Crippen LogP contribution in [-0.4, -0.2) is 18.8 Å². The molecule has 0 saturated carbocycles. The van der Waals surface area contributed by atoms with Crippen LogP contribution in [-0.2, 0) is 0 Å². The van der Waals surface area contributed by atoms with E-state index < -0.39 is 9.04 Å². The van der Waals surface area contributed by atoms with Gasteiger partial charge in [-0.25, -0.2) is 0 Å². The van der Waals surface area contributed by atoms with Gasteiger partial charge in [0.05, 0.1) is 0 Å². The lowest BCUT2D eigenvalue weighted by Gasteiger charge is -1.83. The van der Waals surface area contributed by atoms with E-state index in [-0.39, 0.29) is 0 Å². The largest absolute Gasteiger partial charge is 0.431 e. The third-order valence-corrected chi connectivity index (χ3v) is 3.01. The van der Waals surface area contributed by atoms with Gasteiger partial charge in [-0.3, -0.25) is 0 Å². The van der Waals surface area contributed by atoms with Crippen molar-refractivity contribution < 1.29 is 4.80 Å². The quantitative estimate of drug-likeness (QED) is 0.431. The molecule has 0 aromatic carbocycles. The van der Waals surface area contributed by atoms with Crippen LogP contribution in [0.5, 0.6) is 0 Å². The maximum atomic E-state index is 8.42. The molecule has 0 saturated heterocycles. The van der Waals surface area contributed by atoms with E-state index in [1.807, 2.05) is 6.55 Å². The molecule has 0 fully saturated rings. The lowest BCUT2D eigenvalue weighted by Crippen LogP contribution is -2.05. The average Bonchev–Trinajstić information content (AvgIpc) is 1.38. The van der Waals surface area contributed by atoms with E-state index in [0.717, 1.165) is 4.95 Å². The summed E-state index contributed by atoms with van der Waals surface area (Å²) in [7, 11) is -0.957. The second-order valence-electron chi connectivity index (χ2n) is 0.869. The Morgan fingerprint density at radius 3 is 2.20 bits per heavy atom. The molecule has 31 valence electrons. The minimum Gasteiger partial charge on any atom is -0.431 e. The molecule has 0 aliphatic carbocycles. The molecule has 0 aliphatic rings. The summed E-state index contributed by atoms with van der Waals surface area (Å²) < 4.78 is 0. The van der Waals surface area contributed by atoms with E-state index >= 15 is 0 Å². The third-order valence-electron chi connectivity index (χ3n) is 0.193. The summed E-state index contributed by atoms with van der Waals surface area (Å²) in [5.74, 6) is 0. The Balaban J connectivity index is 2.54. The fourth-order valence-electron chi connectivity index (χ4n) is 0. The smallest absolute Gasteiger partial charge is 0.214 e. The molecule has 0 rings (SSSR count). The molecule has 0 bridgehead atoms. The Hall–Kier alpha value is 0.657. The number of hydrogen-bond acceptors (Lipinski definition) is 1. The SMILES string of the molecule is C[Si](O)CBr. The molecule has 0 atom stereocenters. The van der Waals surface area contributed by atoms with Crippen molar-refractivity contribution in [3.8, 4) is 0 Å². The van der Waals surface area contributed by atoms with Crippen LogP contribution in [0.1, 0.15) is 0 Å². The highest BCUT2D eigenvalue weighted by Crippen LogP contribution is 1.80. The van der Waals surface area contributed by atoms with E-state index in [9.17, 15) is 0 Å². The van der Waals surface area contributed by atoms with Crippen LogP contribution < -0.4 is 0 Å². The molecule has 3 heteroatoms. The molecule has 0 unspecified atom stereocenters. The van der Waals surface area contributed by atoms with Crippen molar-refractivity contribution in [1.29, 1.82) is 0 Å². The highest BCUT2D eigenvalue weighted by molar-refractivity contribution is 9.09. The number of hydrogen-bond donors (Lipinski definition) is 1. The molecule has 0 heterocycles. The monoisotopic (exact) mass is 153 g/mol. The molecular formula is C2H6BrOSi. The second-order valence-corrected chi connectivity index (χ2v) is 4.29. The van der Waals surface area contributed by atoms with Crippen molar-refractivity contribution >= 4 is 25.0 Å². The van der Waals surface area contributed by atoms with Crippen LogP contribution in [0.15, 0.2) is 0 Å². The van der Waals surface area contributed by atoms with Gasteiger partial charge < -0.3 is 4.80 Å². The van der Waals surface area contributed by atoms with Crippen LogP contribution in [0.2, 0.25) is 6.55 Å². The minimum absolute atomic E-state index is 0.775. The fraction of sp³-hybridized carbons (Fsp3) is 1.00. The topological polar surface area (TPSA) is 20.2 Å². The summed E-state index contributed by atoms with van der Waals surface area (Å²) in [6.45, 7) is 1.83. The first-order valence-corrected chi connectivity index (χ1v) is 4.62. The molecule has 0 aromatic rings. The van der Waals surface area contributed by atoms with Gasteiger partial charge in [0.1, 0.15) is 0 Å². The van der Waals surface area contributed by atoms with Crippen molar-refractivity contribution in [2.75, 3.05) is 4.95 Å². The normalized spacial score (nSPS) is 9.60. The molecule has 1 nitrogen and oxygen atoms in total. The Bertz CT molecular complexity index is 23.6. The lowest BCUT2D eigenvalue weighted by atomic mass is 11.9. The predicted octanol–water partition coefficient (Wildman–Crippen LogP) is 0.534. The van der Waals surface area contributed by atoms with Crippen LogP contribution in [0.25, 0.3) is 0 Å². The van der Waals surface area contributed by atoms with Crippen molar-refractivity contribution in [3.05, 3.63) is 0 Å². The van der Waals surface area contributed by atoms with Gasteiger partial charge in [0, 0.05) is 4.95 Å². The van der Waals surface area contributed by atoms with E-state index in [0.29, 0.717) is 0 Å². The first kappa shape index (κ1) is 5.66. The Morgan fingerprint density at radius 1 is 2.00 bits per heavy atom. The summed E-state index contributed by atoms with van der Waals surface area (Å²) in [6, 6.07) is 0. The molecular weight excluding hydrogens is 148 g/mol. The molecule has 0 spiro atoms. The van der Waals surface area contributed by atoms with Gasteiger partial charge in [0.15, 0.2) is 0 Å². The first-order valence-electron chi connectivity index (χ1n) is 1.34. The Kier molecular flexibility index (Phi) is 3.25. The summed E-state index contributed by atoms with van der Waals surface area (Å²) in [5.41, 5.74) is 0. The van der Waals surface area contributed by atoms with E-state index in [1.165, 1.54) is 0 Å². The molecule has 0 aliphatic heterocycles. The van der Waals surface area contributed by atoms with Gasteiger partial charge in [0.2, 0.25) is 9.04 Å². The molecule has 0 amide bonds. The lowest BCUT2D eigenvalue weighted by molar-refractivity contribution is 0.586. The van der Waals surface area contributed by atoms with Gasteiger partial charge in [-0.1, -0.05) is 15.9 Å². The minimum atomic E-state index is -0.957. The van der Waals surface area contributed by atoms with Crippen molar-refractivity contribution in [1.82, 2.24) is 0 Å². The average molecular weight is 154 g/mol. The van der Waals surface area contributed by atoms with Crippen LogP contribution >= 0.6 is 15.9 Å². The third kappa shape index (κ3) is 4.66. The summed E-state index contributed by atoms with van der Waals surface area (Å²) >= 11 is 3.11. The maximum absolute atomic E-state index is 8.42. The molecule has 1 radical (unpaired) electrons. The van der Waals surface area contributed by atoms with E-state index in [1.54, 1.807) is 0 Å². The van der Waals surface area contributed by atoms with Gasteiger partial charge in [-0.15, -0.1) is 0 Å². The van der Waals surface area contributed by atoms with Crippen molar-refractivity contribution in [2.24, 2.45) is 0 Å². The highest BCUT2D eigenvalue weighted by atomic mass is 79.9. The van der Waals surface area contributed by atoms with Crippen molar-refractivity contribution in [2.45, 2.75) is 6.55 Å². The van der Waals surface area contributed by atoms with Gasteiger partial charge >= 0.3 is 0 Å². The van der Waals surface area contributed by atoms with Gasteiger partial charge in [-0.2, -0.15) is 0 Å². The molecule has 0 aromatic heterocycles. The Morgan fingerprint density at radius 2 is 2.20 bits per heavy atom. The van der Waals surface area contributed by atoms with Crippen LogP contribution in [0, 0.1) is 0 Å². The second kappa shape index (κ2) is 2.87. The van der Waals surface area contributed by atoms with E-state index in [4.69, 9.17) is 4.80 Å². The first-order chi connectivity index (χ1) is 2.27. The zero-order valence-corrected chi connectivity index (χ0v) is 5.62. The molecule has 1 N–H and O–H groups in total. The number of halogens is 1. The summed E-state index contributed by atoms with van der Waals surface area (Å²) in [6.07, 6.45) is 0.